The van der Waals surface area contributed by atoms with Crippen molar-refractivity contribution in [2.45, 2.75) is 6.42 Å². The van der Waals surface area contributed by atoms with Gasteiger partial charge in [-0.05, 0) is 42.7 Å². The lowest BCUT2D eigenvalue weighted by Gasteiger charge is -2.17. The molecular formula is C19H19N3O2. The molecule has 1 fully saturated rings. The number of carbonyl (C=O) groups excluding carboxylic acids is 1. The van der Waals surface area contributed by atoms with Crippen LogP contribution < -0.4 is 5.32 Å². The van der Waals surface area contributed by atoms with E-state index in [4.69, 9.17) is 5.11 Å². The van der Waals surface area contributed by atoms with Crippen LogP contribution in [0, 0.1) is 17.8 Å². The van der Waals surface area contributed by atoms with E-state index < -0.39 is 0 Å². The lowest BCUT2D eigenvalue weighted by molar-refractivity contribution is 0.209. The molecule has 5 heteroatoms. The number of likely N-dealkylation sites (tertiary alicyclic amines) is 1. The number of aliphatic hydroxyl groups excluding tert-OH is 1. The number of benzene rings is 1. The Balaban J connectivity index is 1.65. The Kier molecular flexibility index (Phi) is 5.09. The molecule has 0 spiro atoms. The molecule has 122 valence electrons. The van der Waals surface area contributed by atoms with Gasteiger partial charge in [-0.25, -0.2) is 9.78 Å². The van der Waals surface area contributed by atoms with Crippen LogP contribution in [0.1, 0.15) is 17.7 Å². The van der Waals surface area contributed by atoms with Crippen LogP contribution in [0.4, 0.5) is 10.5 Å². The highest BCUT2D eigenvalue weighted by atomic mass is 16.3. The maximum Gasteiger partial charge on any atom is 0.321 e. The molecule has 0 aliphatic carbocycles. The molecule has 0 bridgehead atoms. The number of hydrogen-bond donors (Lipinski definition) is 2. The molecule has 1 aromatic heterocycles. The Labute approximate surface area is 141 Å². The van der Waals surface area contributed by atoms with Gasteiger partial charge in [0.1, 0.15) is 5.69 Å². The van der Waals surface area contributed by atoms with Crippen LogP contribution >= 0.6 is 0 Å². The predicted molar refractivity (Wildman–Crippen MR) is 92.4 cm³/mol. The molecule has 1 aliphatic rings. The van der Waals surface area contributed by atoms with Crippen molar-refractivity contribution in [2.24, 2.45) is 5.92 Å². The molecule has 2 amide bonds. The maximum atomic E-state index is 12.3. The molecule has 3 rings (SSSR count). The molecule has 24 heavy (non-hydrogen) atoms. The smallest absolute Gasteiger partial charge is 0.321 e. The first-order valence-corrected chi connectivity index (χ1v) is 7.94. The van der Waals surface area contributed by atoms with Crippen LogP contribution in [0.15, 0.2) is 48.7 Å². The average Bonchev–Trinajstić information content (AvgIpc) is 3.11. The summed E-state index contributed by atoms with van der Waals surface area (Å²) in [6.07, 6.45) is 2.55. The van der Waals surface area contributed by atoms with E-state index in [1.165, 1.54) is 0 Å². The van der Waals surface area contributed by atoms with Crippen molar-refractivity contribution in [1.29, 1.82) is 0 Å². The third kappa shape index (κ3) is 4.12. The van der Waals surface area contributed by atoms with Crippen molar-refractivity contribution in [3.63, 3.8) is 0 Å². The highest BCUT2D eigenvalue weighted by Gasteiger charge is 2.25. The summed E-state index contributed by atoms with van der Waals surface area (Å²) in [5.74, 6) is 6.23. The number of nitrogens with zero attached hydrogens (tertiary/aromatic N) is 2. The number of urea groups is 1. The molecule has 1 atom stereocenters. The highest BCUT2D eigenvalue weighted by molar-refractivity contribution is 5.89. The fourth-order valence-corrected chi connectivity index (χ4v) is 2.62. The second-order valence-corrected chi connectivity index (χ2v) is 5.76. The number of carbonyl (C=O) groups is 1. The van der Waals surface area contributed by atoms with E-state index in [1.54, 1.807) is 11.1 Å². The van der Waals surface area contributed by atoms with Gasteiger partial charge in [0.25, 0.3) is 0 Å². The zero-order valence-corrected chi connectivity index (χ0v) is 13.3. The normalized spacial score (nSPS) is 16.4. The second-order valence-electron chi connectivity index (χ2n) is 5.76. The SMILES string of the molecule is O=C(Nc1cccc(C#Cc2ccccn2)c1)N1CCC(CO)C1. The number of pyridine rings is 1. The van der Waals surface area contributed by atoms with E-state index in [0.29, 0.717) is 24.5 Å². The fraction of sp³-hybridized carbons (Fsp3) is 0.263. The summed E-state index contributed by atoms with van der Waals surface area (Å²) in [5.41, 5.74) is 2.23. The summed E-state index contributed by atoms with van der Waals surface area (Å²) in [4.78, 5) is 18.1. The van der Waals surface area contributed by atoms with Gasteiger partial charge in [-0.2, -0.15) is 0 Å². The number of nitrogens with one attached hydrogen (secondary N) is 1. The van der Waals surface area contributed by atoms with Crippen LogP contribution in [0.5, 0.6) is 0 Å². The summed E-state index contributed by atoms with van der Waals surface area (Å²) < 4.78 is 0. The minimum atomic E-state index is -0.138. The van der Waals surface area contributed by atoms with Gasteiger partial charge in [-0.3, -0.25) is 0 Å². The van der Waals surface area contributed by atoms with Crippen molar-refractivity contribution in [3.05, 3.63) is 59.9 Å². The minimum absolute atomic E-state index is 0.127. The topological polar surface area (TPSA) is 65.5 Å². The molecule has 2 N–H and O–H groups in total. The second kappa shape index (κ2) is 7.62. The number of amides is 2. The van der Waals surface area contributed by atoms with E-state index in [1.807, 2.05) is 42.5 Å². The largest absolute Gasteiger partial charge is 0.396 e. The Morgan fingerprint density at radius 2 is 2.21 bits per heavy atom. The Hall–Kier alpha value is -2.84. The maximum absolute atomic E-state index is 12.3. The summed E-state index contributed by atoms with van der Waals surface area (Å²) in [7, 11) is 0. The van der Waals surface area contributed by atoms with Crippen LogP contribution in [0.25, 0.3) is 0 Å². The number of hydrogen-bond acceptors (Lipinski definition) is 3. The molecule has 1 aliphatic heterocycles. The Bertz CT molecular complexity index is 765. The molecule has 2 heterocycles. The number of aromatic nitrogens is 1. The van der Waals surface area contributed by atoms with Crippen molar-refractivity contribution in [1.82, 2.24) is 9.88 Å². The average molecular weight is 321 g/mol. The standard InChI is InChI=1S/C19H19N3O2/c23-14-16-9-11-22(13-16)19(24)21-18-6-3-4-15(12-18)7-8-17-5-1-2-10-20-17/h1-6,10,12,16,23H,9,11,13-14H2,(H,21,24). The minimum Gasteiger partial charge on any atom is -0.396 e. The molecular weight excluding hydrogens is 302 g/mol. The van der Waals surface area contributed by atoms with Gasteiger partial charge in [0.2, 0.25) is 0 Å². The molecule has 2 aromatic rings. The quantitative estimate of drug-likeness (QED) is 0.834. The zero-order chi connectivity index (χ0) is 16.8. The first-order chi connectivity index (χ1) is 11.7. The van der Waals surface area contributed by atoms with E-state index in [2.05, 4.69) is 22.1 Å². The molecule has 0 saturated carbocycles. The third-order valence-corrected chi connectivity index (χ3v) is 3.94. The van der Waals surface area contributed by atoms with Crippen LogP contribution in [0.2, 0.25) is 0 Å². The summed E-state index contributed by atoms with van der Waals surface area (Å²) in [6, 6.07) is 12.9. The van der Waals surface area contributed by atoms with Gasteiger partial charge in [0.05, 0.1) is 0 Å². The molecule has 1 aromatic carbocycles. The zero-order valence-electron chi connectivity index (χ0n) is 13.3. The van der Waals surface area contributed by atoms with E-state index >= 15 is 0 Å². The van der Waals surface area contributed by atoms with Gasteiger partial charge < -0.3 is 15.3 Å². The molecule has 1 saturated heterocycles. The first-order valence-electron chi connectivity index (χ1n) is 7.94. The lowest BCUT2D eigenvalue weighted by atomic mass is 10.1. The van der Waals surface area contributed by atoms with Crippen LogP contribution in [-0.2, 0) is 0 Å². The summed E-state index contributed by atoms with van der Waals surface area (Å²) >= 11 is 0. The van der Waals surface area contributed by atoms with Gasteiger partial charge in [-0.15, -0.1) is 0 Å². The van der Waals surface area contributed by atoms with E-state index in [9.17, 15) is 4.79 Å². The predicted octanol–water partition coefficient (Wildman–Crippen LogP) is 2.33. The fourth-order valence-electron chi connectivity index (χ4n) is 2.62. The Morgan fingerprint density at radius 1 is 1.29 bits per heavy atom. The number of anilines is 1. The highest BCUT2D eigenvalue weighted by Crippen LogP contribution is 2.17. The van der Waals surface area contributed by atoms with Crippen LogP contribution in [-0.4, -0.2) is 40.7 Å². The van der Waals surface area contributed by atoms with E-state index in [-0.39, 0.29) is 18.6 Å². The first kappa shape index (κ1) is 16.0. The van der Waals surface area contributed by atoms with Gasteiger partial charge in [-0.1, -0.05) is 18.1 Å². The van der Waals surface area contributed by atoms with Gasteiger partial charge in [0.15, 0.2) is 0 Å². The van der Waals surface area contributed by atoms with Crippen molar-refractivity contribution in [3.8, 4) is 11.8 Å². The molecule has 1 unspecified atom stereocenters. The molecule has 5 nitrogen and oxygen atoms in total. The number of rotatable bonds is 2. The summed E-state index contributed by atoms with van der Waals surface area (Å²) in [6.45, 7) is 1.40. The van der Waals surface area contributed by atoms with Crippen molar-refractivity contribution in [2.75, 3.05) is 25.0 Å². The third-order valence-electron chi connectivity index (χ3n) is 3.94. The van der Waals surface area contributed by atoms with E-state index in [0.717, 1.165) is 12.0 Å². The van der Waals surface area contributed by atoms with Gasteiger partial charge >= 0.3 is 6.03 Å². The van der Waals surface area contributed by atoms with Crippen molar-refractivity contribution < 1.29 is 9.90 Å². The summed E-state index contributed by atoms with van der Waals surface area (Å²) in [5, 5.41) is 12.1. The van der Waals surface area contributed by atoms with Crippen LogP contribution in [0.3, 0.4) is 0 Å². The molecule has 0 radical (unpaired) electrons. The monoisotopic (exact) mass is 321 g/mol. The lowest BCUT2D eigenvalue weighted by Crippen LogP contribution is -2.33. The van der Waals surface area contributed by atoms with Gasteiger partial charge in [0, 0.05) is 43.1 Å². The number of aliphatic hydroxyl groups is 1. The van der Waals surface area contributed by atoms with Crippen molar-refractivity contribution >= 4 is 11.7 Å². The Morgan fingerprint density at radius 3 is 2.96 bits per heavy atom.